The van der Waals surface area contributed by atoms with Crippen molar-refractivity contribution in [1.82, 2.24) is 9.97 Å². The molecule has 1 heterocycles. The minimum atomic E-state index is -4.77. The summed E-state index contributed by atoms with van der Waals surface area (Å²) in [6, 6.07) is 3.83. The number of benzene rings is 1. The molecule has 0 aliphatic rings. The second-order valence-electron chi connectivity index (χ2n) is 4.40. The molecule has 0 spiro atoms. The molecule has 0 radical (unpaired) electrons. The van der Waals surface area contributed by atoms with Crippen LogP contribution in [0.1, 0.15) is 5.69 Å². The third-order valence-corrected chi connectivity index (χ3v) is 3.72. The van der Waals surface area contributed by atoms with Crippen LogP contribution in [-0.2, 0) is 11.0 Å². The van der Waals surface area contributed by atoms with Gasteiger partial charge in [-0.3, -0.25) is 9.59 Å². The van der Waals surface area contributed by atoms with E-state index in [1.807, 2.05) is 0 Å². The SMILES string of the molecule is O=C(CSc1nc(C(F)(F)F)cc(=O)[nH]1)Nc1ccc(F)c(Cl)c1. The molecule has 2 rings (SSSR count). The number of amides is 1. The minimum absolute atomic E-state index is 0.190. The Labute approximate surface area is 141 Å². The molecule has 24 heavy (non-hydrogen) atoms. The molecule has 128 valence electrons. The van der Waals surface area contributed by atoms with E-state index < -0.39 is 29.2 Å². The molecule has 11 heteroatoms. The van der Waals surface area contributed by atoms with Gasteiger partial charge in [-0.05, 0) is 18.2 Å². The zero-order chi connectivity index (χ0) is 17.9. The summed E-state index contributed by atoms with van der Waals surface area (Å²) < 4.78 is 50.7. The molecular formula is C13H8ClF4N3O2S. The number of hydrogen-bond acceptors (Lipinski definition) is 4. The zero-order valence-corrected chi connectivity index (χ0v) is 13.2. The van der Waals surface area contributed by atoms with Crippen LogP contribution >= 0.6 is 23.4 Å². The van der Waals surface area contributed by atoms with Crippen LogP contribution in [0.5, 0.6) is 0 Å². The number of aromatic amines is 1. The molecule has 0 aliphatic carbocycles. The number of halogens is 5. The standard InChI is InChI=1S/C13H8ClF4N3O2S/c14-7-3-6(1-2-8(7)15)19-11(23)5-24-12-20-9(13(16,17)18)4-10(22)21-12/h1-4H,5H2,(H,19,23)(H,20,21,22). The van der Waals surface area contributed by atoms with Crippen LogP contribution in [0.4, 0.5) is 23.2 Å². The van der Waals surface area contributed by atoms with Gasteiger partial charge < -0.3 is 10.3 Å². The van der Waals surface area contributed by atoms with Crippen molar-refractivity contribution in [3.8, 4) is 0 Å². The van der Waals surface area contributed by atoms with E-state index in [2.05, 4.69) is 15.3 Å². The summed E-state index contributed by atoms with van der Waals surface area (Å²) in [5, 5.41) is 1.85. The van der Waals surface area contributed by atoms with Crippen LogP contribution in [0.2, 0.25) is 5.02 Å². The van der Waals surface area contributed by atoms with E-state index >= 15 is 0 Å². The lowest BCUT2D eigenvalue weighted by atomic mass is 10.3. The quantitative estimate of drug-likeness (QED) is 0.484. The molecule has 0 aliphatic heterocycles. The highest BCUT2D eigenvalue weighted by Gasteiger charge is 2.33. The minimum Gasteiger partial charge on any atom is -0.325 e. The van der Waals surface area contributed by atoms with Gasteiger partial charge in [0.1, 0.15) is 5.82 Å². The Bertz CT molecular complexity index is 826. The van der Waals surface area contributed by atoms with E-state index in [-0.39, 0.29) is 21.6 Å². The van der Waals surface area contributed by atoms with Crippen molar-refractivity contribution in [2.75, 3.05) is 11.1 Å². The average Bonchev–Trinajstić information content (AvgIpc) is 2.47. The third kappa shape index (κ3) is 4.96. The summed E-state index contributed by atoms with van der Waals surface area (Å²) >= 11 is 6.17. The van der Waals surface area contributed by atoms with Crippen molar-refractivity contribution < 1.29 is 22.4 Å². The first-order valence-corrected chi connectivity index (χ1v) is 7.58. The number of hydrogen-bond donors (Lipinski definition) is 2. The third-order valence-electron chi connectivity index (χ3n) is 2.55. The van der Waals surface area contributed by atoms with Crippen molar-refractivity contribution >= 4 is 35.0 Å². The molecule has 0 saturated carbocycles. The average molecular weight is 382 g/mol. The summed E-state index contributed by atoms with van der Waals surface area (Å²) in [7, 11) is 0. The Morgan fingerprint density at radius 1 is 1.33 bits per heavy atom. The second kappa shape index (κ2) is 7.22. The fraction of sp³-hybridized carbons (Fsp3) is 0.154. The van der Waals surface area contributed by atoms with Crippen molar-refractivity contribution in [1.29, 1.82) is 0 Å². The van der Waals surface area contributed by atoms with Crippen LogP contribution in [0.15, 0.2) is 34.2 Å². The molecule has 2 N–H and O–H groups in total. The Kier molecular flexibility index (Phi) is 5.50. The molecule has 5 nitrogen and oxygen atoms in total. The van der Waals surface area contributed by atoms with Crippen molar-refractivity contribution in [2.45, 2.75) is 11.3 Å². The maximum absolute atomic E-state index is 13.0. The maximum atomic E-state index is 13.0. The summed E-state index contributed by atoms with van der Waals surface area (Å²) in [4.78, 5) is 28.3. The molecule has 0 atom stereocenters. The summed E-state index contributed by atoms with van der Waals surface area (Å²) in [5.41, 5.74) is -2.11. The first-order valence-electron chi connectivity index (χ1n) is 6.21. The van der Waals surface area contributed by atoms with Gasteiger partial charge in [0, 0.05) is 11.8 Å². The molecule has 1 aromatic carbocycles. The van der Waals surface area contributed by atoms with Gasteiger partial charge in [0.2, 0.25) is 5.91 Å². The van der Waals surface area contributed by atoms with E-state index in [9.17, 15) is 27.2 Å². The highest BCUT2D eigenvalue weighted by atomic mass is 35.5. The van der Waals surface area contributed by atoms with E-state index in [0.717, 1.165) is 6.07 Å². The topological polar surface area (TPSA) is 74.8 Å². The van der Waals surface area contributed by atoms with Gasteiger partial charge in [-0.15, -0.1) is 0 Å². The number of aromatic nitrogens is 2. The Hall–Kier alpha value is -2.07. The molecule has 1 amide bonds. The van der Waals surface area contributed by atoms with E-state index in [0.29, 0.717) is 17.8 Å². The lowest BCUT2D eigenvalue weighted by Crippen LogP contribution is -2.18. The molecule has 0 bridgehead atoms. The normalized spacial score (nSPS) is 11.4. The maximum Gasteiger partial charge on any atom is 0.433 e. The fourth-order valence-electron chi connectivity index (χ4n) is 1.55. The van der Waals surface area contributed by atoms with Gasteiger partial charge in [-0.2, -0.15) is 13.2 Å². The van der Waals surface area contributed by atoms with Crippen LogP contribution in [0.25, 0.3) is 0 Å². The number of carbonyl (C=O) groups excluding carboxylic acids is 1. The zero-order valence-electron chi connectivity index (χ0n) is 11.6. The predicted octanol–water partition coefficient (Wildman–Crippen LogP) is 3.31. The predicted molar refractivity (Wildman–Crippen MR) is 80.6 cm³/mol. The molecular weight excluding hydrogens is 374 g/mol. The number of nitrogens with zero attached hydrogens (tertiary/aromatic N) is 1. The summed E-state index contributed by atoms with van der Waals surface area (Å²) in [5.74, 6) is -1.57. The number of carbonyl (C=O) groups is 1. The van der Waals surface area contributed by atoms with Crippen LogP contribution in [0, 0.1) is 5.82 Å². The van der Waals surface area contributed by atoms with Crippen LogP contribution < -0.4 is 10.9 Å². The molecule has 0 unspecified atom stereocenters. The van der Waals surface area contributed by atoms with Crippen LogP contribution in [0.3, 0.4) is 0 Å². The monoisotopic (exact) mass is 381 g/mol. The Morgan fingerprint density at radius 3 is 2.67 bits per heavy atom. The Morgan fingerprint density at radius 2 is 2.04 bits per heavy atom. The first kappa shape index (κ1) is 18.3. The number of alkyl halides is 3. The number of anilines is 1. The lowest BCUT2D eigenvalue weighted by molar-refractivity contribution is -0.141. The molecule has 0 saturated heterocycles. The lowest BCUT2D eigenvalue weighted by Gasteiger charge is -2.08. The number of H-pyrrole nitrogens is 1. The number of rotatable bonds is 4. The highest BCUT2D eigenvalue weighted by molar-refractivity contribution is 7.99. The Balaban J connectivity index is 2.02. The summed E-state index contributed by atoms with van der Waals surface area (Å²) in [6.07, 6.45) is -4.77. The number of nitrogens with one attached hydrogen (secondary N) is 2. The highest BCUT2D eigenvalue weighted by Crippen LogP contribution is 2.27. The number of thioether (sulfide) groups is 1. The van der Waals surface area contributed by atoms with E-state index in [1.54, 1.807) is 0 Å². The van der Waals surface area contributed by atoms with Crippen molar-refractivity contribution in [3.63, 3.8) is 0 Å². The van der Waals surface area contributed by atoms with Gasteiger partial charge in [0.15, 0.2) is 10.9 Å². The molecule has 0 fully saturated rings. The fourth-order valence-corrected chi connectivity index (χ4v) is 2.41. The van der Waals surface area contributed by atoms with Gasteiger partial charge in [0.25, 0.3) is 5.56 Å². The first-order chi connectivity index (χ1) is 11.1. The summed E-state index contributed by atoms with van der Waals surface area (Å²) in [6.45, 7) is 0. The molecule has 1 aromatic heterocycles. The van der Waals surface area contributed by atoms with Gasteiger partial charge in [0.05, 0.1) is 10.8 Å². The van der Waals surface area contributed by atoms with Gasteiger partial charge in [-0.1, -0.05) is 23.4 Å². The van der Waals surface area contributed by atoms with E-state index in [1.165, 1.54) is 12.1 Å². The van der Waals surface area contributed by atoms with E-state index in [4.69, 9.17) is 11.6 Å². The largest absolute Gasteiger partial charge is 0.433 e. The van der Waals surface area contributed by atoms with Gasteiger partial charge in [-0.25, -0.2) is 9.37 Å². The smallest absolute Gasteiger partial charge is 0.325 e. The van der Waals surface area contributed by atoms with Crippen LogP contribution in [-0.4, -0.2) is 21.6 Å². The second-order valence-corrected chi connectivity index (χ2v) is 5.77. The van der Waals surface area contributed by atoms with Crippen molar-refractivity contribution in [3.05, 3.63) is 51.2 Å². The van der Waals surface area contributed by atoms with Gasteiger partial charge >= 0.3 is 6.18 Å². The van der Waals surface area contributed by atoms with Crippen molar-refractivity contribution in [2.24, 2.45) is 0 Å². The molecule has 2 aromatic rings.